The molecule has 0 unspecified atom stereocenters. The zero-order chi connectivity index (χ0) is 36.7. The maximum atomic E-state index is 2.42. The van der Waals surface area contributed by atoms with Crippen LogP contribution in [0.25, 0.3) is 98.7 Å². The lowest BCUT2D eigenvalue weighted by Crippen LogP contribution is -2.15. The summed E-state index contributed by atoms with van der Waals surface area (Å²) in [6.45, 7) is 4.75. The first kappa shape index (κ1) is 31.7. The molecule has 0 atom stereocenters. The summed E-state index contributed by atoms with van der Waals surface area (Å²) in [5, 5.41) is 10.2. The minimum absolute atomic E-state index is 0.0574. The Morgan fingerprint density at radius 3 is 1.51 bits per heavy atom. The molecule has 0 nitrogen and oxygen atoms in total. The van der Waals surface area contributed by atoms with E-state index in [1.807, 2.05) is 0 Å². The normalized spacial score (nSPS) is 13.1. The smallest absolute Gasteiger partial charge is 0.0165 e. The quantitative estimate of drug-likeness (QED) is 0.161. The number of benzene rings is 10. The van der Waals surface area contributed by atoms with Crippen LogP contribution in [0.3, 0.4) is 0 Å². The molecule has 0 heterocycles. The van der Waals surface area contributed by atoms with Gasteiger partial charge in [0.05, 0.1) is 0 Å². The van der Waals surface area contributed by atoms with E-state index < -0.39 is 0 Å². The van der Waals surface area contributed by atoms with E-state index >= 15 is 0 Å². The zero-order valence-electron chi connectivity index (χ0n) is 31.0. The Kier molecular flexibility index (Phi) is 7.00. The van der Waals surface area contributed by atoms with Crippen LogP contribution in [-0.4, -0.2) is 0 Å². The van der Waals surface area contributed by atoms with Crippen molar-refractivity contribution in [1.82, 2.24) is 0 Å². The average Bonchev–Trinajstić information content (AvgIpc) is 3.48. The molecule has 0 bridgehead atoms. The van der Waals surface area contributed by atoms with Crippen molar-refractivity contribution < 1.29 is 0 Å². The minimum Gasteiger partial charge on any atom is -0.0616 e. The fourth-order valence-electron chi connectivity index (χ4n) is 9.66. The Hall–Kier alpha value is -6.76. The van der Waals surface area contributed by atoms with Gasteiger partial charge in [0, 0.05) is 5.41 Å². The van der Waals surface area contributed by atoms with Gasteiger partial charge in [-0.1, -0.05) is 196 Å². The number of fused-ring (bicyclic) bond motifs is 8. The molecule has 0 heteroatoms. The fraction of sp³-hybridized carbons (Fsp3) is 0.0545. The topological polar surface area (TPSA) is 0 Å². The highest BCUT2D eigenvalue weighted by molar-refractivity contribution is 6.22. The molecule has 1 aliphatic carbocycles. The van der Waals surface area contributed by atoms with Crippen LogP contribution in [0, 0.1) is 0 Å². The third-order valence-electron chi connectivity index (χ3n) is 12.2. The number of hydrogen-bond donors (Lipinski definition) is 0. The highest BCUT2D eigenvalue weighted by Gasteiger charge is 2.37. The summed E-state index contributed by atoms with van der Waals surface area (Å²) in [5.74, 6) is 0. The Labute approximate surface area is 322 Å². The summed E-state index contributed by atoms with van der Waals surface area (Å²) >= 11 is 0. The fourth-order valence-corrected chi connectivity index (χ4v) is 9.66. The first-order valence-electron chi connectivity index (χ1n) is 19.3. The first-order chi connectivity index (χ1) is 27.0. The molecule has 1 aliphatic rings. The molecule has 10 aromatic carbocycles. The highest BCUT2D eigenvalue weighted by Crippen LogP contribution is 2.52. The molecule has 0 N–H and O–H groups in total. The molecular formula is C55H38. The molecule has 10 aromatic rings. The van der Waals surface area contributed by atoms with Gasteiger partial charge in [0.2, 0.25) is 0 Å². The van der Waals surface area contributed by atoms with Crippen molar-refractivity contribution in [3.63, 3.8) is 0 Å². The number of rotatable bonds is 4. The largest absolute Gasteiger partial charge is 0.0616 e. The molecule has 0 spiro atoms. The van der Waals surface area contributed by atoms with Crippen LogP contribution < -0.4 is 0 Å². The first-order valence-corrected chi connectivity index (χ1v) is 19.3. The predicted molar refractivity (Wildman–Crippen MR) is 236 cm³/mol. The molecule has 0 fully saturated rings. The van der Waals surface area contributed by atoms with Gasteiger partial charge in [-0.2, -0.15) is 0 Å². The van der Waals surface area contributed by atoms with Gasteiger partial charge in [-0.05, 0) is 122 Å². The molecule has 0 amide bonds. The zero-order valence-corrected chi connectivity index (χ0v) is 31.0. The monoisotopic (exact) mass is 698 g/mol. The van der Waals surface area contributed by atoms with E-state index in [0.29, 0.717) is 0 Å². The lowest BCUT2D eigenvalue weighted by atomic mass is 9.80. The summed E-state index contributed by atoms with van der Waals surface area (Å²) in [6.07, 6.45) is 0. The second-order valence-corrected chi connectivity index (χ2v) is 15.6. The highest BCUT2D eigenvalue weighted by atomic mass is 14.4. The van der Waals surface area contributed by atoms with Gasteiger partial charge in [-0.15, -0.1) is 0 Å². The van der Waals surface area contributed by atoms with Gasteiger partial charge < -0.3 is 0 Å². The van der Waals surface area contributed by atoms with Crippen molar-refractivity contribution in [2.45, 2.75) is 19.3 Å². The van der Waals surface area contributed by atoms with Crippen LogP contribution in [0.15, 0.2) is 194 Å². The SMILES string of the molecule is CC1(C)c2ccc(-c3ccc(-c4c5ccccc5c(-c5ccccc5-c5ccc6ccccc6c5)c5ccccc45)cc3)cc2-c2ccc3ccccc3c21. The Bertz CT molecular complexity index is 3100. The van der Waals surface area contributed by atoms with Crippen molar-refractivity contribution in [2.24, 2.45) is 0 Å². The van der Waals surface area contributed by atoms with Crippen LogP contribution in [-0.2, 0) is 5.41 Å². The van der Waals surface area contributed by atoms with Crippen molar-refractivity contribution in [2.75, 3.05) is 0 Å². The summed E-state index contributed by atoms with van der Waals surface area (Å²) in [5.41, 5.74) is 15.5. The number of hydrogen-bond acceptors (Lipinski definition) is 0. The minimum atomic E-state index is -0.0574. The average molecular weight is 699 g/mol. The van der Waals surface area contributed by atoms with Gasteiger partial charge in [0.1, 0.15) is 0 Å². The van der Waals surface area contributed by atoms with Gasteiger partial charge in [-0.25, -0.2) is 0 Å². The molecule has 0 aromatic heterocycles. The van der Waals surface area contributed by atoms with Crippen LogP contribution in [0.4, 0.5) is 0 Å². The summed E-state index contributed by atoms with van der Waals surface area (Å²) in [6, 6.07) is 72.1. The van der Waals surface area contributed by atoms with E-state index in [2.05, 4.69) is 208 Å². The molecule has 0 aliphatic heterocycles. The van der Waals surface area contributed by atoms with Crippen LogP contribution in [0.5, 0.6) is 0 Å². The van der Waals surface area contributed by atoms with Crippen LogP contribution in [0.1, 0.15) is 25.0 Å². The lowest BCUT2D eigenvalue weighted by molar-refractivity contribution is 0.666. The van der Waals surface area contributed by atoms with Crippen molar-refractivity contribution in [1.29, 1.82) is 0 Å². The predicted octanol–water partition coefficient (Wildman–Crippen LogP) is 15.3. The third kappa shape index (κ3) is 4.85. The molecule has 0 radical (unpaired) electrons. The van der Waals surface area contributed by atoms with Crippen LogP contribution in [0.2, 0.25) is 0 Å². The Morgan fingerprint density at radius 2 is 0.800 bits per heavy atom. The summed E-state index contributed by atoms with van der Waals surface area (Å²) < 4.78 is 0. The Morgan fingerprint density at radius 1 is 0.291 bits per heavy atom. The lowest BCUT2D eigenvalue weighted by Gasteiger charge is -2.23. The van der Waals surface area contributed by atoms with Crippen molar-refractivity contribution in [3.05, 3.63) is 205 Å². The standard InChI is InChI=1S/C55H38/c1-55(2)51-32-30-40(34-50(51)49-31-29-37-14-5-6-17-43(37)54(49)55)36-23-26-38(27-24-36)52-45-19-9-11-21-47(45)53(48-22-12-10-20-46(48)52)44-18-8-7-16-42(44)41-28-25-35-13-3-4-15-39(35)33-41/h3-34H,1-2H3. The van der Waals surface area contributed by atoms with E-state index in [-0.39, 0.29) is 5.41 Å². The van der Waals surface area contributed by atoms with Gasteiger partial charge in [0.15, 0.2) is 0 Å². The van der Waals surface area contributed by atoms with Crippen molar-refractivity contribution >= 4 is 43.1 Å². The van der Waals surface area contributed by atoms with E-state index in [1.54, 1.807) is 0 Å². The molecule has 11 rings (SSSR count). The van der Waals surface area contributed by atoms with E-state index in [9.17, 15) is 0 Å². The molecule has 0 saturated carbocycles. The van der Waals surface area contributed by atoms with Crippen LogP contribution >= 0.6 is 0 Å². The van der Waals surface area contributed by atoms with Gasteiger partial charge in [0.25, 0.3) is 0 Å². The van der Waals surface area contributed by atoms with E-state index in [4.69, 9.17) is 0 Å². The van der Waals surface area contributed by atoms with Gasteiger partial charge in [-0.3, -0.25) is 0 Å². The summed E-state index contributed by atoms with van der Waals surface area (Å²) in [4.78, 5) is 0. The van der Waals surface area contributed by atoms with E-state index in [1.165, 1.54) is 110 Å². The Balaban J connectivity index is 1.05. The molecule has 258 valence electrons. The van der Waals surface area contributed by atoms with Gasteiger partial charge >= 0.3 is 0 Å². The molecule has 55 heavy (non-hydrogen) atoms. The second-order valence-electron chi connectivity index (χ2n) is 15.6. The molecule has 0 saturated heterocycles. The van der Waals surface area contributed by atoms with Crippen molar-refractivity contribution in [3.8, 4) is 55.6 Å². The second kappa shape index (κ2) is 12.1. The van der Waals surface area contributed by atoms with E-state index in [0.717, 1.165) is 0 Å². The third-order valence-corrected chi connectivity index (χ3v) is 12.2. The molecular weight excluding hydrogens is 661 g/mol. The maximum Gasteiger partial charge on any atom is 0.0165 e. The maximum absolute atomic E-state index is 2.42. The summed E-state index contributed by atoms with van der Waals surface area (Å²) in [7, 11) is 0.